The molecule has 6 heteroatoms. The van der Waals surface area contributed by atoms with E-state index in [-0.39, 0.29) is 6.10 Å². The number of nitrogens with one attached hydrogen (secondary N) is 1. The maximum atomic E-state index is 5.69. The molecule has 0 aliphatic heterocycles. The Bertz CT molecular complexity index is 602. The van der Waals surface area contributed by atoms with Crippen molar-refractivity contribution in [3.63, 3.8) is 0 Å². The molecular formula is C15H20N4O2. The van der Waals surface area contributed by atoms with Gasteiger partial charge in [0.2, 0.25) is 11.8 Å². The van der Waals surface area contributed by atoms with Crippen molar-refractivity contribution in [3.8, 4) is 11.8 Å². The molecule has 0 spiro atoms. The predicted octanol–water partition coefficient (Wildman–Crippen LogP) is 2.59. The first-order valence-electron chi connectivity index (χ1n) is 6.82. The second kappa shape index (κ2) is 6.88. The van der Waals surface area contributed by atoms with Crippen LogP contribution in [0.1, 0.15) is 25.2 Å². The maximum absolute atomic E-state index is 5.69. The lowest BCUT2D eigenvalue weighted by molar-refractivity contribution is 0.230. The van der Waals surface area contributed by atoms with Crippen LogP contribution >= 0.6 is 0 Å². The van der Waals surface area contributed by atoms with Crippen molar-refractivity contribution in [2.24, 2.45) is 0 Å². The van der Waals surface area contributed by atoms with E-state index in [9.17, 15) is 0 Å². The minimum absolute atomic E-state index is 0.0834. The van der Waals surface area contributed by atoms with Gasteiger partial charge in [0.25, 0.3) is 0 Å². The van der Waals surface area contributed by atoms with Gasteiger partial charge in [0.05, 0.1) is 13.2 Å². The molecule has 2 rings (SSSR count). The van der Waals surface area contributed by atoms with Crippen LogP contribution < -0.4 is 14.8 Å². The number of hydrogen-bond acceptors (Lipinski definition) is 6. The van der Waals surface area contributed by atoms with E-state index in [1.807, 2.05) is 32.9 Å². The summed E-state index contributed by atoms with van der Waals surface area (Å²) in [6.45, 7) is 6.34. The van der Waals surface area contributed by atoms with Crippen LogP contribution in [0.2, 0.25) is 0 Å². The zero-order chi connectivity index (χ0) is 15.2. The van der Waals surface area contributed by atoms with Crippen LogP contribution in [0.4, 0.5) is 5.82 Å². The van der Waals surface area contributed by atoms with Crippen molar-refractivity contribution >= 4 is 5.82 Å². The van der Waals surface area contributed by atoms with Gasteiger partial charge in [-0.1, -0.05) is 6.07 Å². The lowest BCUT2D eigenvalue weighted by atomic mass is 10.2. The summed E-state index contributed by atoms with van der Waals surface area (Å²) >= 11 is 0. The first-order chi connectivity index (χ1) is 10.1. The van der Waals surface area contributed by atoms with Gasteiger partial charge in [-0.25, -0.2) is 9.97 Å². The highest BCUT2D eigenvalue weighted by molar-refractivity contribution is 5.40. The van der Waals surface area contributed by atoms with E-state index in [0.717, 1.165) is 5.56 Å². The summed E-state index contributed by atoms with van der Waals surface area (Å²) in [5.41, 5.74) is 0.974. The van der Waals surface area contributed by atoms with Gasteiger partial charge in [-0.3, -0.25) is 0 Å². The van der Waals surface area contributed by atoms with E-state index in [0.29, 0.717) is 29.9 Å². The molecule has 1 N–H and O–H groups in total. The van der Waals surface area contributed by atoms with Crippen molar-refractivity contribution in [1.29, 1.82) is 0 Å². The summed E-state index contributed by atoms with van der Waals surface area (Å²) in [4.78, 5) is 12.7. The predicted molar refractivity (Wildman–Crippen MR) is 80.6 cm³/mol. The molecule has 0 saturated heterocycles. The third-order valence-corrected chi connectivity index (χ3v) is 2.68. The lowest BCUT2D eigenvalue weighted by Crippen LogP contribution is -2.11. The molecule has 2 heterocycles. The molecule has 2 aromatic heterocycles. The fourth-order valence-corrected chi connectivity index (χ4v) is 1.81. The average molecular weight is 288 g/mol. The Hall–Kier alpha value is -2.37. The van der Waals surface area contributed by atoms with E-state index < -0.39 is 0 Å². The molecule has 0 bridgehead atoms. The maximum Gasteiger partial charge on any atom is 0.218 e. The first-order valence-corrected chi connectivity index (χ1v) is 6.82. The summed E-state index contributed by atoms with van der Waals surface area (Å²) in [6, 6.07) is 5.62. The number of aryl methyl sites for hydroxylation is 1. The Morgan fingerprint density at radius 3 is 2.81 bits per heavy atom. The Labute approximate surface area is 124 Å². The minimum Gasteiger partial charge on any atom is -0.481 e. The quantitative estimate of drug-likeness (QED) is 0.881. The van der Waals surface area contributed by atoms with Crippen molar-refractivity contribution < 1.29 is 9.47 Å². The van der Waals surface area contributed by atoms with Crippen LogP contribution in [-0.2, 0) is 6.54 Å². The number of hydrogen-bond donors (Lipinski definition) is 1. The zero-order valence-corrected chi connectivity index (χ0v) is 12.8. The van der Waals surface area contributed by atoms with Gasteiger partial charge in [-0.05, 0) is 26.8 Å². The van der Waals surface area contributed by atoms with Crippen LogP contribution in [0.5, 0.6) is 11.8 Å². The standard InChI is InChI=1S/C15H20N4O2/c1-10(2)21-15-12(6-5-7-16-15)9-17-13-8-14(20-4)19-11(3)18-13/h5-8,10H,9H2,1-4H3,(H,17,18,19). The van der Waals surface area contributed by atoms with Gasteiger partial charge in [0.15, 0.2) is 0 Å². The molecule has 0 aliphatic carbocycles. The van der Waals surface area contributed by atoms with Crippen LogP contribution in [0.15, 0.2) is 24.4 Å². The summed E-state index contributed by atoms with van der Waals surface area (Å²) in [6.07, 6.45) is 1.80. The highest BCUT2D eigenvalue weighted by Gasteiger charge is 2.08. The molecular weight excluding hydrogens is 268 g/mol. The SMILES string of the molecule is COc1cc(NCc2cccnc2OC(C)C)nc(C)n1. The second-order valence-electron chi connectivity index (χ2n) is 4.83. The number of methoxy groups -OCH3 is 1. The molecule has 0 amide bonds. The minimum atomic E-state index is 0.0834. The summed E-state index contributed by atoms with van der Waals surface area (Å²) in [7, 11) is 1.58. The van der Waals surface area contributed by atoms with Crippen molar-refractivity contribution in [2.45, 2.75) is 33.4 Å². The average Bonchev–Trinajstić information content (AvgIpc) is 2.45. The van der Waals surface area contributed by atoms with Gasteiger partial charge in [0, 0.05) is 24.4 Å². The molecule has 0 aromatic carbocycles. The van der Waals surface area contributed by atoms with Gasteiger partial charge >= 0.3 is 0 Å². The zero-order valence-electron chi connectivity index (χ0n) is 12.8. The Morgan fingerprint density at radius 2 is 2.10 bits per heavy atom. The van der Waals surface area contributed by atoms with E-state index in [1.54, 1.807) is 19.4 Å². The summed E-state index contributed by atoms with van der Waals surface area (Å²) in [5.74, 6) is 2.54. The molecule has 6 nitrogen and oxygen atoms in total. The van der Waals surface area contributed by atoms with Gasteiger partial charge < -0.3 is 14.8 Å². The van der Waals surface area contributed by atoms with Crippen molar-refractivity contribution in [3.05, 3.63) is 35.8 Å². The Balaban J connectivity index is 2.11. The number of anilines is 1. The first kappa shape index (κ1) is 15.0. The molecule has 0 unspecified atom stereocenters. The highest BCUT2D eigenvalue weighted by Crippen LogP contribution is 2.18. The third kappa shape index (κ3) is 4.30. The number of nitrogens with zero attached hydrogens (tertiary/aromatic N) is 3. The normalized spacial score (nSPS) is 10.5. The van der Waals surface area contributed by atoms with E-state index in [4.69, 9.17) is 9.47 Å². The molecule has 21 heavy (non-hydrogen) atoms. The fourth-order valence-electron chi connectivity index (χ4n) is 1.81. The largest absolute Gasteiger partial charge is 0.481 e. The highest BCUT2D eigenvalue weighted by atomic mass is 16.5. The third-order valence-electron chi connectivity index (χ3n) is 2.68. The molecule has 2 aromatic rings. The Kier molecular flexibility index (Phi) is 4.92. The van der Waals surface area contributed by atoms with Crippen LogP contribution in [0, 0.1) is 6.92 Å². The molecule has 112 valence electrons. The number of aromatic nitrogens is 3. The van der Waals surface area contributed by atoms with Gasteiger partial charge in [0.1, 0.15) is 11.6 Å². The molecule has 0 radical (unpaired) electrons. The monoisotopic (exact) mass is 288 g/mol. The van der Waals surface area contributed by atoms with E-state index in [1.165, 1.54) is 0 Å². The summed E-state index contributed by atoms with van der Waals surface area (Å²) < 4.78 is 10.8. The van der Waals surface area contributed by atoms with Crippen LogP contribution in [-0.4, -0.2) is 28.2 Å². The summed E-state index contributed by atoms with van der Waals surface area (Å²) in [5, 5.41) is 3.24. The molecule has 0 saturated carbocycles. The Morgan fingerprint density at radius 1 is 1.29 bits per heavy atom. The molecule has 0 atom stereocenters. The molecule has 0 aliphatic rings. The van der Waals surface area contributed by atoms with E-state index >= 15 is 0 Å². The smallest absolute Gasteiger partial charge is 0.218 e. The molecule has 0 fully saturated rings. The lowest BCUT2D eigenvalue weighted by Gasteiger charge is -2.13. The van der Waals surface area contributed by atoms with Crippen LogP contribution in [0.3, 0.4) is 0 Å². The van der Waals surface area contributed by atoms with E-state index in [2.05, 4.69) is 20.3 Å². The number of rotatable bonds is 6. The van der Waals surface area contributed by atoms with Gasteiger partial charge in [-0.2, -0.15) is 4.98 Å². The van der Waals surface area contributed by atoms with Crippen molar-refractivity contribution in [2.75, 3.05) is 12.4 Å². The topological polar surface area (TPSA) is 69.2 Å². The van der Waals surface area contributed by atoms with Crippen LogP contribution in [0.25, 0.3) is 0 Å². The van der Waals surface area contributed by atoms with Gasteiger partial charge in [-0.15, -0.1) is 0 Å². The number of pyridine rings is 1. The number of ether oxygens (including phenoxy) is 2. The fraction of sp³-hybridized carbons (Fsp3) is 0.400. The second-order valence-corrected chi connectivity index (χ2v) is 4.83. The van der Waals surface area contributed by atoms with Crippen molar-refractivity contribution in [1.82, 2.24) is 15.0 Å².